The Morgan fingerprint density at radius 2 is 1.38 bits per heavy atom. The number of imide groups is 1. The number of hydrogen-bond acceptors (Lipinski definition) is 3. The molecule has 4 aromatic rings. The van der Waals surface area contributed by atoms with Crippen LogP contribution in [0.25, 0.3) is 0 Å². The summed E-state index contributed by atoms with van der Waals surface area (Å²) in [7, 11) is 0. The number of benzene rings is 4. The standard InChI is InChI=1S/C31H19BrClNO3/c32-31-22-12-6-4-10-19(22)25(20-11-5-7-13-23(20)31)26-27(31)30(37)34(29(26)36)24-15-14-18(33)16-21(24)28(35)17-8-2-1-3-9-17/h1-16,25-27H/t25?,26-,27-,31?/m0/s1. The predicted octanol–water partition coefficient (Wildman–Crippen LogP) is 6.47. The molecular weight excluding hydrogens is 550 g/mol. The Morgan fingerprint density at radius 1 is 0.784 bits per heavy atom. The lowest BCUT2D eigenvalue weighted by atomic mass is 9.55. The van der Waals surface area contributed by atoms with Gasteiger partial charge in [-0.05, 0) is 40.5 Å². The van der Waals surface area contributed by atoms with E-state index in [9.17, 15) is 14.4 Å². The molecule has 1 heterocycles. The van der Waals surface area contributed by atoms with Crippen LogP contribution in [0.3, 0.4) is 0 Å². The highest BCUT2D eigenvalue weighted by molar-refractivity contribution is 9.09. The molecular formula is C31H19BrClNO3. The van der Waals surface area contributed by atoms with Crippen molar-refractivity contribution in [1.82, 2.24) is 0 Å². The lowest BCUT2D eigenvalue weighted by molar-refractivity contribution is -0.122. The molecule has 37 heavy (non-hydrogen) atoms. The van der Waals surface area contributed by atoms with Gasteiger partial charge in [-0.15, -0.1) is 0 Å². The minimum atomic E-state index is -0.850. The maximum absolute atomic E-state index is 14.3. The van der Waals surface area contributed by atoms with Gasteiger partial charge in [0, 0.05) is 22.1 Å². The second kappa shape index (κ2) is 7.98. The van der Waals surface area contributed by atoms with Crippen LogP contribution in [-0.2, 0) is 13.9 Å². The minimum absolute atomic E-state index is 0.227. The van der Waals surface area contributed by atoms with Crippen LogP contribution < -0.4 is 4.90 Å². The first-order valence-corrected chi connectivity index (χ1v) is 13.2. The Morgan fingerprint density at radius 3 is 2.03 bits per heavy atom. The molecule has 1 fully saturated rings. The van der Waals surface area contributed by atoms with E-state index in [0.717, 1.165) is 22.3 Å². The average molecular weight is 569 g/mol. The fourth-order valence-electron chi connectivity index (χ4n) is 6.55. The van der Waals surface area contributed by atoms with Crippen molar-refractivity contribution in [1.29, 1.82) is 0 Å². The fourth-order valence-corrected chi connectivity index (χ4v) is 7.92. The van der Waals surface area contributed by atoms with Gasteiger partial charge in [-0.3, -0.25) is 14.4 Å². The number of alkyl halides is 1. The first-order chi connectivity index (χ1) is 17.9. The summed E-state index contributed by atoms with van der Waals surface area (Å²) >= 11 is 10.3. The predicted molar refractivity (Wildman–Crippen MR) is 145 cm³/mol. The summed E-state index contributed by atoms with van der Waals surface area (Å²) in [6, 6.07) is 29.6. The third-order valence-electron chi connectivity index (χ3n) is 7.99. The van der Waals surface area contributed by atoms with Gasteiger partial charge in [-0.1, -0.05) is 106 Å². The topological polar surface area (TPSA) is 54.5 Å². The molecule has 4 nitrogen and oxygen atoms in total. The lowest BCUT2D eigenvalue weighted by Crippen LogP contribution is -2.50. The van der Waals surface area contributed by atoms with Crippen LogP contribution in [0, 0.1) is 11.8 Å². The molecule has 8 rings (SSSR count). The number of hydrogen-bond donors (Lipinski definition) is 0. The van der Waals surface area contributed by atoms with Crippen molar-refractivity contribution in [2.24, 2.45) is 11.8 Å². The zero-order valence-electron chi connectivity index (χ0n) is 19.4. The van der Waals surface area contributed by atoms with Crippen molar-refractivity contribution in [2.75, 3.05) is 4.90 Å². The van der Waals surface area contributed by atoms with Gasteiger partial charge in [-0.2, -0.15) is 0 Å². The third kappa shape index (κ3) is 2.93. The van der Waals surface area contributed by atoms with Crippen molar-refractivity contribution in [2.45, 2.75) is 10.2 Å². The van der Waals surface area contributed by atoms with Gasteiger partial charge in [0.05, 0.1) is 21.8 Å². The van der Waals surface area contributed by atoms with Crippen LogP contribution in [0.5, 0.6) is 0 Å². The molecule has 2 amide bonds. The molecule has 0 radical (unpaired) electrons. The largest absolute Gasteiger partial charge is 0.289 e. The Labute approximate surface area is 227 Å². The summed E-state index contributed by atoms with van der Waals surface area (Å²) in [5, 5.41) is 0.358. The molecule has 4 aromatic carbocycles. The Bertz CT molecular complexity index is 1600. The molecule has 1 saturated heterocycles. The van der Waals surface area contributed by atoms with Crippen LogP contribution in [0.4, 0.5) is 5.69 Å². The lowest BCUT2D eigenvalue weighted by Gasteiger charge is -2.51. The number of ketones is 1. The molecule has 180 valence electrons. The SMILES string of the molecule is O=C(c1ccccc1)c1cc(Cl)ccc1N1C(=O)[C@@H]2[C@@H](C1=O)C1c3ccccc3C2(Br)c2ccccc21. The number of halogens is 2. The Hall–Kier alpha value is -3.54. The molecule has 1 aliphatic heterocycles. The first-order valence-electron chi connectivity index (χ1n) is 12.1. The van der Waals surface area contributed by atoms with Crippen molar-refractivity contribution in [3.8, 4) is 0 Å². The van der Waals surface area contributed by atoms with Crippen molar-refractivity contribution in [3.63, 3.8) is 0 Å². The van der Waals surface area contributed by atoms with E-state index in [4.69, 9.17) is 11.6 Å². The maximum atomic E-state index is 14.3. The summed E-state index contributed by atoms with van der Waals surface area (Å²) in [4.78, 5) is 43.3. The first kappa shape index (κ1) is 22.6. The van der Waals surface area contributed by atoms with Crippen LogP contribution in [0.1, 0.15) is 44.1 Å². The number of amides is 2. The molecule has 6 heteroatoms. The molecule has 2 bridgehead atoms. The van der Waals surface area contributed by atoms with Crippen molar-refractivity contribution < 1.29 is 14.4 Å². The number of rotatable bonds is 3. The second-order valence-corrected chi connectivity index (χ2v) is 11.4. The molecule has 0 saturated carbocycles. The molecule has 3 aliphatic carbocycles. The van der Waals surface area contributed by atoms with E-state index in [1.165, 1.54) is 11.0 Å². The van der Waals surface area contributed by atoms with Crippen molar-refractivity contribution >= 4 is 50.8 Å². The third-order valence-corrected chi connectivity index (χ3v) is 9.58. The second-order valence-electron chi connectivity index (χ2n) is 9.74. The van der Waals surface area contributed by atoms with Gasteiger partial charge in [-0.25, -0.2) is 4.90 Å². The normalized spacial score (nSPS) is 25.0. The van der Waals surface area contributed by atoms with E-state index in [0.29, 0.717) is 10.6 Å². The average Bonchev–Trinajstić information content (AvgIpc) is 3.20. The highest BCUT2D eigenvalue weighted by Gasteiger charge is 2.67. The highest BCUT2D eigenvalue weighted by Crippen LogP contribution is 2.66. The van der Waals surface area contributed by atoms with Gasteiger partial charge < -0.3 is 0 Å². The van der Waals surface area contributed by atoms with Gasteiger partial charge in [0.15, 0.2) is 5.78 Å². The summed E-state index contributed by atoms with van der Waals surface area (Å²) in [6.45, 7) is 0. The van der Waals surface area contributed by atoms with Crippen LogP contribution in [0.2, 0.25) is 5.02 Å². The number of nitrogens with zero attached hydrogens (tertiary/aromatic N) is 1. The van der Waals surface area contributed by atoms with Crippen LogP contribution in [0.15, 0.2) is 97.1 Å². The quantitative estimate of drug-likeness (QED) is 0.162. The summed E-state index contributed by atoms with van der Waals surface area (Å²) in [5.41, 5.74) is 5.09. The monoisotopic (exact) mass is 567 g/mol. The number of carbonyl (C=O) groups is 3. The van der Waals surface area contributed by atoms with Gasteiger partial charge in [0.2, 0.25) is 11.8 Å². The Kier molecular flexibility index (Phi) is 4.88. The van der Waals surface area contributed by atoms with E-state index >= 15 is 0 Å². The summed E-state index contributed by atoms with van der Waals surface area (Å²) in [6.07, 6.45) is 0. The van der Waals surface area contributed by atoms with Crippen LogP contribution >= 0.6 is 27.5 Å². The number of carbonyl (C=O) groups excluding carboxylic acids is 3. The molecule has 2 atom stereocenters. The van der Waals surface area contributed by atoms with E-state index < -0.39 is 16.2 Å². The van der Waals surface area contributed by atoms with Crippen molar-refractivity contribution in [3.05, 3.63) is 135 Å². The van der Waals surface area contributed by atoms with Crippen LogP contribution in [-0.4, -0.2) is 17.6 Å². The highest BCUT2D eigenvalue weighted by atomic mass is 79.9. The maximum Gasteiger partial charge on any atom is 0.239 e. The Balaban J connectivity index is 1.42. The van der Waals surface area contributed by atoms with E-state index in [2.05, 4.69) is 28.1 Å². The fraction of sp³-hybridized carbons (Fsp3) is 0.129. The van der Waals surface area contributed by atoms with E-state index in [1.54, 1.807) is 36.4 Å². The van der Waals surface area contributed by atoms with Gasteiger partial charge in [0.1, 0.15) is 0 Å². The zero-order valence-corrected chi connectivity index (χ0v) is 21.7. The summed E-state index contributed by atoms with van der Waals surface area (Å²) in [5.74, 6) is -2.39. The summed E-state index contributed by atoms with van der Waals surface area (Å²) < 4.78 is -0.850. The van der Waals surface area contributed by atoms with E-state index in [-0.39, 0.29) is 34.8 Å². The molecule has 0 N–H and O–H groups in total. The molecule has 0 unspecified atom stereocenters. The molecule has 4 aliphatic rings. The number of anilines is 1. The van der Waals surface area contributed by atoms with Gasteiger partial charge in [0.25, 0.3) is 0 Å². The van der Waals surface area contributed by atoms with Gasteiger partial charge >= 0.3 is 0 Å². The smallest absolute Gasteiger partial charge is 0.239 e. The zero-order chi connectivity index (χ0) is 25.5. The minimum Gasteiger partial charge on any atom is -0.289 e. The molecule has 0 spiro atoms. The molecule has 0 aromatic heterocycles. The van der Waals surface area contributed by atoms with E-state index in [1.807, 2.05) is 42.5 Å².